The van der Waals surface area contributed by atoms with Gasteiger partial charge < -0.3 is 4.74 Å². The molecule has 0 radical (unpaired) electrons. The standard InChI is InChI=1S/C23H25O.BrH.Mg/c1-2-6-17(7-3-1)16-24-22-9-5-4-8-21(22)23-13-18-10-19(14-23)12-20(11-18)15-23;;/h1-3,5-9,18-20H,10-16H2;1H;/q;;+1/p-1. The molecule has 0 unspecified atom stereocenters. The maximum absolute atomic E-state index is 6.41. The van der Waals surface area contributed by atoms with Crippen LogP contribution in [0.15, 0.2) is 48.5 Å². The molecule has 0 atom stereocenters. The van der Waals surface area contributed by atoms with Crippen LogP contribution in [0.1, 0.15) is 49.7 Å². The minimum atomic E-state index is -0.320. The fourth-order valence-electron chi connectivity index (χ4n) is 6.38. The first kappa shape index (κ1) is 17.6. The summed E-state index contributed by atoms with van der Waals surface area (Å²) in [6.07, 6.45) is 8.67. The Morgan fingerprint density at radius 3 is 2.19 bits per heavy atom. The highest BCUT2D eigenvalue weighted by Gasteiger charge is 2.52. The van der Waals surface area contributed by atoms with Crippen molar-refractivity contribution in [2.75, 3.05) is 0 Å². The van der Waals surface area contributed by atoms with Crippen LogP contribution in [0.3, 0.4) is 0 Å². The average molecular weight is 422 g/mol. The fourth-order valence-corrected chi connectivity index (χ4v) is 7.91. The number of hydrogen-bond acceptors (Lipinski definition) is 1. The molecule has 4 bridgehead atoms. The zero-order valence-corrected chi connectivity index (χ0v) is 18.3. The number of halogens is 1. The smallest absolute Gasteiger partial charge is 0.489 e. The molecule has 6 rings (SSSR count). The highest BCUT2D eigenvalue weighted by molar-refractivity contribution is 9.23. The second-order valence-electron chi connectivity index (χ2n) is 8.94. The van der Waals surface area contributed by atoms with Crippen LogP contribution in [0.2, 0.25) is 0 Å². The van der Waals surface area contributed by atoms with E-state index in [4.69, 9.17) is 4.74 Å². The SMILES string of the molecule is [Br][Mg][c]1ccc(OCc2ccccc2)c(C23CC4CC(CC(C4)C2)C3)c1. The summed E-state index contributed by atoms with van der Waals surface area (Å²) in [6.45, 7) is 0.672. The van der Waals surface area contributed by atoms with Crippen LogP contribution in [0.4, 0.5) is 0 Å². The van der Waals surface area contributed by atoms with Gasteiger partial charge in [-0.3, -0.25) is 12.9 Å². The van der Waals surface area contributed by atoms with Gasteiger partial charge in [0, 0.05) is 0 Å². The lowest BCUT2D eigenvalue weighted by atomic mass is 9.48. The Balaban J connectivity index is 1.49. The summed E-state index contributed by atoms with van der Waals surface area (Å²) < 4.78 is 7.93. The second-order valence-corrected chi connectivity index (χ2v) is 11.7. The Hall–Kier alpha value is -0.514. The summed E-state index contributed by atoms with van der Waals surface area (Å²) in [5.74, 6) is 4.05. The lowest BCUT2D eigenvalue weighted by Crippen LogP contribution is -2.49. The molecule has 2 aromatic rings. The number of hydrogen-bond donors (Lipinski definition) is 0. The van der Waals surface area contributed by atoms with E-state index in [9.17, 15) is 0 Å². The third kappa shape index (κ3) is 3.25. The number of benzene rings is 2. The van der Waals surface area contributed by atoms with Gasteiger partial charge in [-0.2, -0.15) is 3.69 Å². The van der Waals surface area contributed by atoms with E-state index in [1.807, 2.05) is 0 Å². The molecule has 0 heterocycles. The van der Waals surface area contributed by atoms with E-state index < -0.39 is 0 Å². The predicted octanol–water partition coefficient (Wildman–Crippen LogP) is 5.37. The molecule has 0 aliphatic heterocycles. The van der Waals surface area contributed by atoms with Crippen LogP contribution >= 0.6 is 12.9 Å². The predicted molar refractivity (Wildman–Crippen MR) is 111 cm³/mol. The fraction of sp³-hybridized carbons (Fsp3) is 0.478. The van der Waals surface area contributed by atoms with Crippen LogP contribution in [0.5, 0.6) is 5.75 Å². The normalized spacial score (nSPS) is 31.7. The minimum absolute atomic E-state index is 0.320. The molecule has 1 nitrogen and oxygen atoms in total. The van der Waals surface area contributed by atoms with Crippen molar-refractivity contribution in [3.05, 3.63) is 59.7 Å². The largest absolute Gasteiger partial charge is 0.506 e. The van der Waals surface area contributed by atoms with E-state index >= 15 is 0 Å². The zero-order chi connectivity index (χ0) is 17.6. The first-order chi connectivity index (χ1) is 12.7. The Morgan fingerprint density at radius 2 is 1.58 bits per heavy atom. The molecule has 0 saturated heterocycles. The van der Waals surface area contributed by atoms with Crippen molar-refractivity contribution in [2.24, 2.45) is 17.8 Å². The van der Waals surface area contributed by atoms with E-state index in [1.165, 1.54) is 53.3 Å². The van der Waals surface area contributed by atoms with Crippen LogP contribution in [-0.4, -0.2) is 18.2 Å². The first-order valence-corrected chi connectivity index (χ1v) is 14.7. The summed E-state index contributed by atoms with van der Waals surface area (Å²) >= 11 is 3.48. The zero-order valence-electron chi connectivity index (χ0n) is 15.3. The summed E-state index contributed by atoms with van der Waals surface area (Å²) in [5.41, 5.74) is 3.19. The Morgan fingerprint density at radius 1 is 0.923 bits per heavy atom. The number of ether oxygens (including phenoxy) is 1. The van der Waals surface area contributed by atoms with Gasteiger partial charge in [0.05, 0.1) is 0 Å². The highest BCUT2D eigenvalue weighted by Crippen LogP contribution is 2.61. The monoisotopic (exact) mass is 420 g/mol. The molecule has 3 heteroatoms. The Labute approximate surface area is 172 Å². The van der Waals surface area contributed by atoms with Gasteiger partial charge in [0.25, 0.3) is 0 Å². The molecule has 26 heavy (non-hydrogen) atoms. The van der Waals surface area contributed by atoms with Crippen LogP contribution in [0.25, 0.3) is 0 Å². The van der Waals surface area contributed by atoms with Gasteiger partial charge in [-0.25, -0.2) is 0 Å². The summed E-state index contributed by atoms with van der Waals surface area (Å²) in [4.78, 5) is 0. The summed E-state index contributed by atoms with van der Waals surface area (Å²) in [6, 6.07) is 17.6. The number of rotatable bonds is 5. The van der Waals surface area contributed by atoms with Gasteiger partial charge in [-0.05, 0) is 78.9 Å². The van der Waals surface area contributed by atoms with Crippen molar-refractivity contribution < 1.29 is 4.74 Å². The van der Waals surface area contributed by atoms with Crippen molar-refractivity contribution >= 4 is 34.8 Å². The molecular formula is C23H25BrMgO. The van der Waals surface area contributed by atoms with Crippen molar-refractivity contribution in [2.45, 2.75) is 50.5 Å². The maximum atomic E-state index is 6.41. The second kappa shape index (κ2) is 7.14. The van der Waals surface area contributed by atoms with Gasteiger partial charge in [-0.15, -0.1) is 0 Å². The third-order valence-electron chi connectivity index (χ3n) is 7.05. The quantitative estimate of drug-likeness (QED) is 0.590. The summed E-state index contributed by atoms with van der Waals surface area (Å²) in [7, 11) is 0. The van der Waals surface area contributed by atoms with Gasteiger partial charge in [-0.1, -0.05) is 42.5 Å². The molecule has 4 fully saturated rings. The van der Waals surface area contributed by atoms with Gasteiger partial charge in [0.1, 0.15) is 12.4 Å². The van der Waals surface area contributed by atoms with E-state index in [1.54, 1.807) is 0 Å². The average Bonchev–Trinajstić information content (AvgIpc) is 2.66. The van der Waals surface area contributed by atoms with Crippen molar-refractivity contribution in [1.82, 2.24) is 0 Å². The van der Waals surface area contributed by atoms with Gasteiger partial charge >= 0.3 is 18.2 Å². The van der Waals surface area contributed by atoms with Crippen molar-refractivity contribution in [3.63, 3.8) is 0 Å². The summed E-state index contributed by atoms with van der Waals surface area (Å²) in [5, 5.41) is 0. The van der Waals surface area contributed by atoms with Crippen LogP contribution < -0.4 is 8.43 Å². The van der Waals surface area contributed by atoms with Crippen LogP contribution in [-0.2, 0) is 12.0 Å². The molecule has 0 spiro atoms. The van der Waals surface area contributed by atoms with Gasteiger partial charge in [0.2, 0.25) is 0 Å². The Bertz CT molecular complexity index is 753. The molecule has 4 aliphatic carbocycles. The van der Waals surface area contributed by atoms with E-state index in [0.29, 0.717) is 12.0 Å². The first-order valence-electron chi connectivity index (χ1n) is 10.1. The molecule has 4 saturated carbocycles. The topological polar surface area (TPSA) is 9.23 Å². The van der Waals surface area contributed by atoms with E-state index in [0.717, 1.165) is 23.5 Å². The van der Waals surface area contributed by atoms with E-state index in [-0.39, 0.29) is 18.2 Å². The lowest BCUT2D eigenvalue weighted by molar-refractivity contribution is -0.00643. The molecule has 2 aromatic carbocycles. The lowest BCUT2D eigenvalue weighted by Gasteiger charge is -2.57. The molecule has 0 aromatic heterocycles. The van der Waals surface area contributed by atoms with Crippen LogP contribution in [0, 0.1) is 17.8 Å². The van der Waals surface area contributed by atoms with Crippen molar-refractivity contribution in [1.29, 1.82) is 0 Å². The molecular weight excluding hydrogens is 396 g/mol. The minimum Gasteiger partial charge on any atom is -0.489 e. The maximum Gasteiger partial charge on any atom is 0.506 e. The highest BCUT2D eigenvalue weighted by atomic mass is 79.9. The van der Waals surface area contributed by atoms with Gasteiger partial charge in [0.15, 0.2) is 0 Å². The molecule has 0 amide bonds. The third-order valence-corrected chi connectivity index (χ3v) is 9.74. The van der Waals surface area contributed by atoms with Crippen molar-refractivity contribution in [3.8, 4) is 5.75 Å². The van der Waals surface area contributed by atoms with E-state index in [2.05, 4.69) is 61.4 Å². The molecule has 4 aliphatic rings. The molecule has 0 N–H and O–H groups in total. The molecule has 132 valence electrons. The Kier molecular flexibility index (Phi) is 4.83.